The highest BCUT2D eigenvalue weighted by molar-refractivity contribution is 6.31. The Morgan fingerprint density at radius 1 is 1.08 bits per heavy atom. The SMILES string of the molecule is Cc1cc2c(cc1C)N[C@@H](CC(=O)Nc1ccc(C)c(Cl)c1)C(=O)N2. The summed E-state index contributed by atoms with van der Waals surface area (Å²) in [4.78, 5) is 24.5. The molecule has 1 heterocycles. The molecule has 2 aromatic carbocycles. The van der Waals surface area contributed by atoms with Gasteiger partial charge in [-0.25, -0.2) is 0 Å². The van der Waals surface area contributed by atoms with Crippen LogP contribution in [0, 0.1) is 20.8 Å². The third-order valence-corrected chi connectivity index (χ3v) is 4.79. The molecule has 0 saturated carbocycles. The van der Waals surface area contributed by atoms with Gasteiger partial charge in [-0.05, 0) is 61.7 Å². The highest BCUT2D eigenvalue weighted by atomic mass is 35.5. The number of carbonyl (C=O) groups is 2. The quantitative estimate of drug-likeness (QED) is 0.776. The number of anilines is 3. The summed E-state index contributed by atoms with van der Waals surface area (Å²) in [5.74, 6) is -0.465. The molecule has 0 radical (unpaired) electrons. The number of fused-ring (bicyclic) bond motifs is 1. The van der Waals surface area contributed by atoms with Crippen LogP contribution in [-0.2, 0) is 9.59 Å². The van der Waals surface area contributed by atoms with Crippen molar-refractivity contribution in [2.24, 2.45) is 0 Å². The van der Waals surface area contributed by atoms with E-state index in [4.69, 9.17) is 11.6 Å². The minimum absolute atomic E-state index is 0.0314. The van der Waals surface area contributed by atoms with Gasteiger partial charge in [0.2, 0.25) is 11.8 Å². The average molecular weight is 358 g/mol. The molecule has 3 rings (SSSR count). The molecule has 2 aromatic rings. The molecular formula is C19H20ClN3O2. The lowest BCUT2D eigenvalue weighted by Crippen LogP contribution is -2.41. The van der Waals surface area contributed by atoms with E-state index in [1.54, 1.807) is 12.1 Å². The van der Waals surface area contributed by atoms with Gasteiger partial charge in [-0.1, -0.05) is 17.7 Å². The van der Waals surface area contributed by atoms with Crippen LogP contribution in [0.4, 0.5) is 17.1 Å². The molecule has 0 bridgehead atoms. The van der Waals surface area contributed by atoms with Gasteiger partial charge in [-0.15, -0.1) is 0 Å². The van der Waals surface area contributed by atoms with E-state index >= 15 is 0 Å². The zero-order valence-corrected chi connectivity index (χ0v) is 15.1. The monoisotopic (exact) mass is 357 g/mol. The molecule has 0 spiro atoms. The van der Waals surface area contributed by atoms with Crippen molar-refractivity contribution < 1.29 is 9.59 Å². The molecule has 1 atom stereocenters. The van der Waals surface area contributed by atoms with E-state index in [9.17, 15) is 9.59 Å². The summed E-state index contributed by atoms with van der Waals surface area (Å²) < 4.78 is 0. The number of hydrogen-bond donors (Lipinski definition) is 3. The van der Waals surface area contributed by atoms with Crippen molar-refractivity contribution in [2.75, 3.05) is 16.0 Å². The van der Waals surface area contributed by atoms with Gasteiger partial charge in [-0.3, -0.25) is 9.59 Å². The number of halogens is 1. The Hall–Kier alpha value is -2.53. The molecule has 0 fully saturated rings. The van der Waals surface area contributed by atoms with Crippen molar-refractivity contribution in [3.63, 3.8) is 0 Å². The Balaban J connectivity index is 1.69. The minimum atomic E-state index is -0.615. The first-order valence-electron chi connectivity index (χ1n) is 8.08. The lowest BCUT2D eigenvalue weighted by molar-refractivity contribution is -0.122. The van der Waals surface area contributed by atoms with Gasteiger partial charge in [0.15, 0.2) is 0 Å². The zero-order chi connectivity index (χ0) is 18.1. The van der Waals surface area contributed by atoms with Gasteiger partial charge < -0.3 is 16.0 Å². The normalized spacial score (nSPS) is 15.8. The molecular weight excluding hydrogens is 338 g/mol. The number of amides is 2. The molecule has 1 aliphatic rings. The van der Waals surface area contributed by atoms with Crippen molar-refractivity contribution >= 4 is 40.5 Å². The van der Waals surface area contributed by atoms with Crippen molar-refractivity contribution in [3.8, 4) is 0 Å². The number of hydrogen-bond acceptors (Lipinski definition) is 3. The van der Waals surface area contributed by atoms with Gasteiger partial charge in [0.05, 0.1) is 17.8 Å². The predicted octanol–water partition coefficient (Wildman–Crippen LogP) is 4.03. The number of aryl methyl sites for hydroxylation is 3. The lowest BCUT2D eigenvalue weighted by atomic mass is 10.0. The zero-order valence-electron chi connectivity index (χ0n) is 14.4. The van der Waals surface area contributed by atoms with E-state index in [0.29, 0.717) is 10.7 Å². The van der Waals surface area contributed by atoms with E-state index in [0.717, 1.165) is 28.1 Å². The molecule has 0 aromatic heterocycles. The van der Waals surface area contributed by atoms with Crippen LogP contribution in [0.25, 0.3) is 0 Å². The summed E-state index contributed by atoms with van der Waals surface area (Å²) in [5.41, 5.74) is 5.36. The fraction of sp³-hybridized carbons (Fsp3) is 0.263. The van der Waals surface area contributed by atoms with Crippen LogP contribution in [0.5, 0.6) is 0 Å². The molecule has 2 amide bonds. The molecule has 6 heteroatoms. The highest BCUT2D eigenvalue weighted by Crippen LogP contribution is 2.30. The average Bonchev–Trinajstić information content (AvgIpc) is 2.54. The fourth-order valence-electron chi connectivity index (χ4n) is 2.72. The molecule has 130 valence electrons. The number of nitrogens with one attached hydrogen (secondary N) is 3. The third-order valence-electron chi connectivity index (χ3n) is 4.38. The Morgan fingerprint density at radius 3 is 2.44 bits per heavy atom. The van der Waals surface area contributed by atoms with Crippen LogP contribution in [0.2, 0.25) is 5.02 Å². The first kappa shape index (κ1) is 17.3. The number of rotatable bonds is 3. The maximum atomic E-state index is 12.3. The first-order chi connectivity index (χ1) is 11.8. The number of carbonyl (C=O) groups excluding carboxylic acids is 2. The van der Waals surface area contributed by atoms with Gasteiger partial charge in [0, 0.05) is 10.7 Å². The molecule has 25 heavy (non-hydrogen) atoms. The van der Waals surface area contributed by atoms with Gasteiger partial charge in [0.25, 0.3) is 0 Å². The largest absolute Gasteiger partial charge is 0.372 e. The predicted molar refractivity (Wildman–Crippen MR) is 101 cm³/mol. The summed E-state index contributed by atoms with van der Waals surface area (Å²) in [6, 6.07) is 8.62. The van der Waals surface area contributed by atoms with Gasteiger partial charge in [0.1, 0.15) is 6.04 Å². The first-order valence-corrected chi connectivity index (χ1v) is 8.46. The maximum Gasteiger partial charge on any atom is 0.247 e. The van der Waals surface area contributed by atoms with Crippen LogP contribution in [0.15, 0.2) is 30.3 Å². The summed E-state index contributed by atoms with van der Waals surface area (Å²) in [5, 5.41) is 9.38. The summed E-state index contributed by atoms with van der Waals surface area (Å²) in [6.07, 6.45) is 0.0314. The Kier molecular flexibility index (Phi) is 4.68. The molecule has 0 unspecified atom stereocenters. The smallest absolute Gasteiger partial charge is 0.247 e. The van der Waals surface area contributed by atoms with Crippen molar-refractivity contribution in [1.29, 1.82) is 0 Å². The summed E-state index contributed by atoms with van der Waals surface area (Å²) in [7, 11) is 0. The second-order valence-electron chi connectivity index (χ2n) is 6.38. The highest BCUT2D eigenvalue weighted by Gasteiger charge is 2.28. The van der Waals surface area contributed by atoms with E-state index in [1.807, 2.05) is 39.0 Å². The lowest BCUT2D eigenvalue weighted by Gasteiger charge is -2.27. The van der Waals surface area contributed by atoms with Crippen molar-refractivity contribution in [1.82, 2.24) is 0 Å². The summed E-state index contributed by atoms with van der Waals surface area (Å²) in [6.45, 7) is 5.90. The van der Waals surface area contributed by atoms with Gasteiger partial charge in [-0.2, -0.15) is 0 Å². The van der Waals surface area contributed by atoms with E-state index in [1.165, 1.54) is 0 Å². The van der Waals surface area contributed by atoms with E-state index in [-0.39, 0.29) is 18.2 Å². The van der Waals surface area contributed by atoms with E-state index in [2.05, 4.69) is 16.0 Å². The number of benzene rings is 2. The van der Waals surface area contributed by atoms with Crippen LogP contribution < -0.4 is 16.0 Å². The second kappa shape index (κ2) is 6.76. The molecule has 3 N–H and O–H groups in total. The standard InChI is InChI=1S/C19H20ClN3O2/c1-10-4-5-13(8-14(10)20)21-18(24)9-17-19(25)23-16-7-12(3)11(2)6-15(16)22-17/h4-8,17,22H,9H2,1-3H3,(H,21,24)(H,23,25)/t17-/m0/s1. The molecule has 0 aliphatic carbocycles. The minimum Gasteiger partial charge on any atom is -0.372 e. The van der Waals surface area contributed by atoms with Crippen molar-refractivity contribution in [3.05, 3.63) is 52.0 Å². The van der Waals surface area contributed by atoms with E-state index < -0.39 is 6.04 Å². The third kappa shape index (κ3) is 3.77. The summed E-state index contributed by atoms with van der Waals surface area (Å²) >= 11 is 6.07. The Labute approximate surface area is 151 Å². The van der Waals surface area contributed by atoms with Crippen molar-refractivity contribution in [2.45, 2.75) is 33.2 Å². The van der Waals surface area contributed by atoms with Crippen LogP contribution in [0.3, 0.4) is 0 Å². The second-order valence-corrected chi connectivity index (χ2v) is 6.79. The fourth-order valence-corrected chi connectivity index (χ4v) is 2.90. The Morgan fingerprint density at radius 2 is 1.76 bits per heavy atom. The van der Waals surface area contributed by atoms with Crippen LogP contribution in [0.1, 0.15) is 23.1 Å². The van der Waals surface area contributed by atoms with Gasteiger partial charge >= 0.3 is 0 Å². The van der Waals surface area contributed by atoms with Crippen LogP contribution in [-0.4, -0.2) is 17.9 Å². The van der Waals surface area contributed by atoms with Crippen LogP contribution >= 0.6 is 11.6 Å². The molecule has 1 aliphatic heterocycles. The molecule has 5 nitrogen and oxygen atoms in total. The Bertz CT molecular complexity index is 864. The topological polar surface area (TPSA) is 70.2 Å². The maximum absolute atomic E-state index is 12.3. The molecule has 0 saturated heterocycles.